The van der Waals surface area contributed by atoms with Crippen LogP contribution in [0.15, 0.2) is 23.2 Å². The van der Waals surface area contributed by atoms with Gasteiger partial charge >= 0.3 is 5.97 Å². The minimum Gasteiger partial charge on any atom is -0.468 e. The molecule has 0 spiro atoms. The lowest BCUT2D eigenvalue weighted by atomic mass is 10.0. The van der Waals surface area contributed by atoms with E-state index in [2.05, 4.69) is 43.7 Å². The van der Waals surface area contributed by atoms with Crippen LogP contribution < -0.4 is 0 Å². The Kier molecular flexibility index (Phi) is 4.65. The maximum atomic E-state index is 11.3. The number of hydrogen-bond acceptors (Lipinski definition) is 4. The van der Waals surface area contributed by atoms with Gasteiger partial charge in [0.05, 0.1) is 18.4 Å². The number of esters is 1. The van der Waals surface area contributed by atoms with Gasteiger partial charge in [-0.05, 0) is 43.0 Å². The SMILES string of the molecule is CCc1cc2c(C)ccc(C)c2nc1SCC(=O)OC. The van der Waals surface area contributed by atoms with Crippen molar-refractivity contribution < 1.29 is 9.53 Å². The van der Waals surface area contributed by atoms with E-state index in [-0.39, 0.29) is 5.97 Å². The standard InChI is InChI=1S/C16H19NO2S/c1-5-12-8-13-10(2)6-7-11(3)15(13)17-16(12)20-9-14(18)19-4/h6-8H,5,9H2,1-4H3. The molecule has 0 N–H and O–H groups in total. The van der Waals surface area contributed by atoms with Crippen molar-refractivity contribution in [3.05, 3.63) is 34.9 Å². The molecular weight excluding hydrogens is 270 g/mol. The van der Waals surface area contributed by atoms with Gasteiger partial charge in [-0.2, -0.15) is 0 Å². The number of methoxy groups -OCH3 is 1. The number of carbonyl (C=O) groups excluding carboxylic acids is 1. The summed E-state index contributed by atoms with van der Waals surface area (Å²) >= 11 is 1.45. The Balaban J connectivity index is 2.48. The number of carbonyl (C=O) groups is 1. The monoisotopic (exact) mass is 289 g/mol. The molecule has 0 radical (unpaired) electrons. The molecular formula is C16H19NO2S. The van der Waals surface area contributed by atoms with Gasteiger partial charge in [0.15, 0.2) is 0 Å². The minimum atomic E-state index is -0.222. The second kappa shape index (κ2) is 6.27. The summed E-state index contributed by atoms with van der Waals surface area (Å²) in [6.45, 7) is 6.27. The lowest BCUT2D eigenvalue weighted by molar-refractivity contribution is -0.137. The zero-order valence-corrected chi connectivity index (χ0v) is 13.1. The van der Waals surface area contributed by atoms with Crippen molar-refractivity contribution in [3.8, 4) is 0 Å². The molecule has 2 rings (SSSR count). The fourth-order valence-electron chi connectivity index (χ4n) is 2.12. The third-order valence-corrected chi connectivity index (χ3v) is 4.39. The molecule has 0 aliphatic carbocycles. The topological polar surface area (TPSA) is 39.2 Å². The first-order valence-corrected chi connectivity index (χ1v) is 7.64. The second-order valence-corrected chi connectivity index (χ2v) is 5.73. The molecule has 0 atom stereocenters. The summed E-state index contributed by atoms with van der Waals surface area (Å²) in [5.41, 5.74) is 4.60. The summed E-state index contributed by atoms with van der Waals surface area (Å²) in [5, 5.41) is 2.13. The predicted octanol–water partition coefficient (Wildman–Crippen LogP) is 3.68. The number of pyridine rings is 1. The van der Waals surface area contributed by atoms with Crippen LogP contribution in [0.4, 0.5) is 0 Å². The molecule has 106 valence electrons. The van der Waals surface area contributed by atoms with Crippen molar-refractivity contribution >= 4 is 28.6 Å². The molecule has 0 saturated carbocycles. The van der Waals surface area contributed by atoms with E-state index in [1.165, 1.54) is 35.4 Å². The molecule has 0 amide bonds. The molecule has 0 aliphatic rings. The van der Waals surface area contributed by atoms with E-state index in [1.54, 1.807) is 0 Å². The Bertz CT molecular complexity index is 652. The zero-order valence-electron chi connectivity index (χ0n) is 12.3. The summed E-state index contributed by atoms with van der Waals surface area (Å²) in [7, 11) is 1.41. The lowest BCUT2D eigenvalue weighted by Gasteiger charge is -2.11. The number of aryl methyl sites for hydroxylation is 3. The molecule has 1 aromatic carbocycles. The van der Waals surface area contributed by atoms with Gasteiger partial charge < -0.3 is 4.74 Å². The van der Waals surface area contributed by atoms with E-state index in [4.69, 9.17) is 4.98 Å². The average Bonchev–Trinajstić information content (AvgIpc) is 2.47. The highest BCUT2D eigenvalue weighted by Gasteiger charge is 2.11. The Morgan fingerprint density at radius 3 is 2.65 bits per heavy atom. The largest absolute Gasteiger partial charge is 0.468 e. The first kappa shape index (κ1) is 14.9. The Hall–Kier alpha value is -1.55. The van der Waals surface area contributed by atoms with Crippen molar-refractivity contribution in [1.82, 2.24) is 4.98 Å². The van der Waals surface area contributed by atoms with E-state index < -0.39 is 0 Å². The summed E-state index contributed by atoms with van der Waals surface area (Å²) < 4.78 is 4.69. The molecule has 0 bridgehead atoms. The fourth-order valence-corrected chi connectivity index (χ4v) is 3.04. The zero-order chi connectivity index (χ0) is 14.7. The smallest absolute Gasteiger partial charge is 0.316 e. The molecule has 4 heteroatoms. The van der Waals surface area contributed by atoms with Crippen LogP contribution in [-0.2, 0) is 16.0 Å². The van der Waals surface area contributed by atoms with Gasteiger partial charge in [0.2, 0.25) is 0 Å². The van der Waals surface area contributed by atoms with Crippen molar-refractivity contribution in [2.75, 3.05) is 12.9 Å². The van der Waals surface area contributed by atoms with E-state index in [9.17, 15) is 4.79 Å². The molecule has 20 heavy (non-hydrogen) atoms. The van der Waals surface area contributed by atoms with Gasteiger partial charge in [-0.1, -0.05) is 30.8 Å². The van der Waals surface area contributed by atoms with E-state index in [0.29, 0.717) is 5.75 Å². The molecule has 0 aliphatic heterocycles. The molecule has 0 unspecified atom stereocenters. The highest BCUT2D eigenvalue weighted by atomic mass is 32.2. The first-order chi connectivity index (χ1) is 9.56. The van der Waals surface area contributed by atoms with Crippen LogP contribution in [0.5, 0.6) is 0 Å². The number of fused-ring (bicyclic) bond motifs is 1. The molecule has 1 aromatic heterocycles. The normalized spacial score (nSPS) is 10.8. The summed E-state index contributed by atoms with van der Waals surface area (Å²) in [6.07, 6.45) is 0.903. The van der Waals surface area contributed by atoms with Crippen LogP contribution >= 0.6 is 11.8 Å². The Labute approximate surface area is 123 Å². The van der Waals surface area contributed by atoms with E-state index in [1.807, 2.05) is 0 Å². The quantitative estimate of drug-likeness (QED) is 0.636. The predicted molar refractivity (Wildman–Crippen MR) is 83.3 cm³/mol. The molecule has 3 nitrogen and oxygen atoms in total. The Morgan fingerprint density at radius 1 is 1.30 bits per heavy atom. The van der Waals surface area contributed by atoms with Crippen LogP contribution in [0.3, 0.4) is 0 Å². The fraction of sp³-hybridized carbons (Fsp3) is 0.375. The number of rotatable bonds is 4. The first-order valence-electron chi connectivity index (χ1n) is 6.66. The number of thioether (sulfide) groups is 1. The van der Waals surface area contributed by atoms with E-state index >= 15 is 0 Å². The van der Waals surface area contributed by atoms with Gasteiger partial charge in [0.1, 0.15) is 5.03 Å². The van der Waals surface area contributed by atoms with Crippen molar-refractivity contribution in [2.24, 2.45) is 0 Å². The maximum absolute atomic E-state index is 11.3. The third-order valence-electron chi connectivity index (χ3n) is 3.38. The highest BCUT2D eigenvalue weighted by molar-refractivity contribution is 7.99. The van der Waals surface area contributed by atoms with Gasteiger partial charge in [-0.15, -0.1) is 0 Å². The summed E-state index contributed by atoms with van der Waals surface area (Å²) in [6, 6.07) is 6.41. The number of benzene rings is 1. The van der Waals surface area contributed by atoms with Gasteiger partial charge in [0.25, 0.3) is 0 Å². The van der Waals surface area contributed by atoms with E-state index in [0.717, 1.165) is 22.5 Å². The average molecular weight is 289 g/mol. The van der Waals surface area contributed by atoms with Crippen molar-refractivity contribution in [3.63, 3.8) is 0 Å². The van der Waals surface area contributed by atoms with Crippen molar-refractivity contribution in [2.45, 2.75) is 32.2 Å². The van der Waals surface area contributed by atoms with Crippen LogP contribution in [0.25, 0.3) is 10.9 Å². The van der Waals surface area contributed by atoms with Crippen LogP contribution in [0.1, 0.15) is 23.6 Å². The minimum absolute atomic E-state index is 0.222. The number of ether oxygens (including phenoxy) is 1. The molecule has 0 saturated heterocycles. The molecule has 1 heterocycles. The molecule has 0 fully saturated rings. The number of nitrogens with zero attached hydrogens (tertiary/aromatic N) is 1. The van der Waals surface area contributed by atoms with Crippen LogP contribution in [0, 0.1) is 13.8 Å². The maximum Gasteiger partial charge on any atom is 0.316 e. The summed E-state index contributed by atoms with van der Waals surface area (Å²) in [5.74, 6) is 0.0762. The lowest BCUT2D eigenvalue weighted by Crippen LogP contribution is -2.04. The number of hydrogen-bond donors (Lipinski definition) is 0. The number of aromatic nitrogens is 1. The van der Waals surface area contributed by atoms with Gasteiger partial charge in [0, 0.05) is 5.39 Å². The highest BCUT2D eigenvalue weighted by Crippen LogP contribution is 2.28. The second-order valence-electron chi connectivity index (χ2n) is 4.77. The van der Waals surface area contributed by atoms with Crippen LogP contribution in [-0.4, -0.2) is 23.8 Å². The molecule has 2 aromatic rings. The Morgan fingerprint density at radius 2 is 2.00 bits per heavy atom. The van der Waals surface area contributed by atoms with Crippen molar-refractivity contribution in [1.29, 1.82) is 0 Å². The van der Waals surface area contributed by atoms with Gasteiger partial charge in [-0.3, -0.25) is 4.79 Å². The van der Waals surface area contributed by atoms with Crippen LogP contribution in [0.2, 0.25) is 0 Å². The summed E-state index contributed by atoms with van der Waals surface area (Å²) in [4.78, 5) is 16.1. The van der Waals surface area contributed by atoms with Gasteiger partial charge in [-0.25, -0.2) is 4.98 Å². The third kappa shape index (κ3) is 2.96.